The molecule has 3 aromatic carbocycles. The van der Waals surface area contributed by atoms with Gasteiger partial charge < -0.3 is 26.3 Å². The van der Waals surface area contributed by atoms with E-state index >= 15 is 0 Å². The molecular formula is C37H42N6. The van der Waals surface area contributed by atoms with E-state index in [4.69, 9.17) is 4.98 Å². The lowest BCUT2D eigenvalue weighted by atomic mass is 9.85. The molecule has 7 atom stereocenters. The molecule has 5 N–H and O–H groups in total. The summed E-state index contributed by atoms with van der Waals surface area (Å²) in [6.07, 6.45) is 16.5. The largest absolute Gasteiger partial charge is 0.368 e. The van der Waals surface area contributed by atoms with Gasteiger partial charge in [-0.2, -0.15) is 0 Å². The summed E-state index contributed by atoms with van der Waals surface area (Å²) in [7, 11) is 0. The van der Waals surface area contributed by atoms with Gasteiger partial charge in [0.2, 0.25) is 0 Å². The van der Waals surface area contributed by atoms with E-state index in [1.807, 2.05) is 6.20 Å². The topological polar surface area (TPSA) is 76.8 Å². The highest BCUT2D eigenvalue weighted by atomic mass is 15.2. The smallest absolute Gasteiger partial charge is 0.123 e. The molecule has 1 aromatic heterocycles. The average Bonchev–Trinajstić information content (AvgIpc) is 3.87. The van der Waals surface area contributed by atoms with Crippen molar-refractivity contribution in [3.8, 4) is 22.4 Å². The summed E-state index contributed by atoms with van der Waals surface area (Å²) in [6.45, 7) is 0. The fraction of sp³-hybridized carbons (Fsp3) is 0.432. The Bertz CT molecular complexity index is 1640. The zero-order valence-corrected chi connectivity index (χ0v) is 24.8. The van der Waals surface area contributed by atoms with Crippen molar-refractivity contribution in [3.63, 3.8) is 0 Å². The first-order valence-electron chi connectivity index (χ1n) is 16.7. The van der Waals surface area contributed by atoms with E-state index in [-0.39, 0.29) is 6.17 Å². The minimum atomic E-state index is 0.277. The lowest BCUT2D eigenvalue weighted by Crippen LogP contribution is -2.49. The summed E-state index contributed by atoms with van der Waals surface area (Å²) in [4.78, 5) is 8.41. The van der Waals surface area contributed by atoms with Crippen LogP contribution in [0.2, 0.25) is 0 Å². The van der Waals surface area contributed by atoms with Crippen molar-refractivity contribution in [3.05, 3.63) is 84.4 Å². The third-order valence-electron chi connectivity index (χ3n) is 11.2. The normalized spacial score (nSPS) is 31.4. The van der Waals surface area contributed by atoms with Gasteiger partial charge >= 0.3 is 0 Å². The minimum Gasteiger partial charge on any atom is -0.368 e. The Hall–Kier alpha value is -3.61. The molecular weight excluding hydrogens is 528 g/mol. The molecule has 43 heavy (non-hydrogen) atoms. The van der Waals surface area contributed by atoms with Gasteiger partial charge in [0.1, 0.15) is 12.0 Å². The highest BCUT2D eigenvalue weighted by Gasteiger charge is 2.41. The van der Waals surface area contributed by atoms with Crippen LogP contribution in [0.1, 0.15) is 75.2 Å². The number of rotatable bonds is 5. The highest BCUT2D eigenvalue weighted by molar-refractivity contribution is 5.90. The van der Waals surface area contributed by atoms with Crippen LogP contribution in [0.3, 0.4) is 0 Å². The minimum absolute atomic E-state index is 0.277. The molecule has 9 rings (SSSR count). The zero-order chi connectivity index (χ0) is 28.3. The Balaban J connectivity index is 0.874. The van der Waals surface area contributed by atoms with E-state index in [1.165, 1.54) is 96.5 Å². The summed E-state index contributed by atoms with van der Waals surface area (Å²) in [5.74, 6) is 2.78. The molecule has 6 heteroatoms. The Kier molecular flexibility index (Phi) is 6.33. The number of hydrogen-bond donors (Lipinski definition) is 5. The first-order valence-corrected chi connectivity index (χ1v) is 16.7. The molecule has 5 aliphatic rings. The van der Waals surface area contributed by atoms with Crippen LogP contribution < -0.4 is 21.3 Å². The number of H-pyrrole nitrogens is 1. The molecule has 4 aromatic rings. The molecule has 3 aliphatic heterocycles. The van der Waals surface area contributed by atoms with Crippen molar-refractivity contribution in [1.82, 2.24) is 31.2 Å². The summed E-state index contributed by atoms with van der Waals surface area (Å²) < 4.78 is 0. The van der Waals surface area contributed by atoms with E-state index in [0.717, 1.165) is 29.4 Å². The highest BCUT2D eigenvalue weighted by Crippen LogP contribution is 2.39. The molecule has 0 bridgehead atoms. The summed E-state index contributed by atoms with van der Waals surface area (Å²) in [5.41, 5.74) is 7.19. The van der Waals surface area contributed by atoms with E-state index in [9.17, 15) is 0 Å². The molecule has 0 radical (unpaired) electrons. The molecule has 2 aliphatic carbocycles. The molecule has 2 saturated heterocycles. The molecule has 4 fully saturated rings. The number of imidazole rings is 1. The number of nitrogens with zero attached hydrogens (tertiary/aromatic N) is 1. The maximum Gasteiger partial charge on any atom is 0.123 e. The molecule has 0 amide bonds. The van der Waals surface area contributed by atoms with Gasteiger partial charge in [0, 0.05) is 24.3 Å². The van der Waals surface area contributed by atoms with Crippen molar-refractivity contribution in [2.24, 2.45) is 11.8 Å². The monoisotopic (exact) mass is 570 g/mol. The fourth-order valence-corrected chi connectivity index (χ4v) is 8.87. The average molecular weight is 571 g/mol. The maximum atomic E-state index is 4.79. The van der Waals surface area contributed by atoms with Crippen LogP contribution in [0, 0.1) is 11.8 Å². The molecule has 1 unspecified atom stereocenters. The van der Waals surface area contributed by atoms with Crippen LogP contribution in [0.25, 0.3) is 38.9 Å². The fourth-order valence-electron chi connectivity index (χ4n) is 8.87. The number of hydrogen-bond acceptors (Lipinski definition) is 5. The van der Waals surface area contributed by atoms with Crippen LogP contribution in [-0.4, -0.2) is 34.3 Å². The predicted molar refractivity (Wildman–Crippen MR) is 174 cm³/mol. The molecule has 220 valence electrons. The Morgan fingerprint density at radius 2 is 1.33 bits per heavy atom. The number of nitrogens with one attached hydrogen (secondary N) is 5. The van der Waals surface area contributed by atoms with Gasteiger partial charge in [0.25, 0.3) is 0 Å². The second-order valence-electron chi connectivity index (χ2n) is 13.8. The third-order valence-corrected chi connectivity index (χ3v) is 11.2. The SMILES string of the molecule is C1=C(c2ccc3cc(-c4ccc(-c5cnc([C@@H]6C[C@@H]7CCCC[C@@H]7N6)[nH]5)cc4)ccc3c2)NC([C@@H]2C[C@@H]3CCC[C@@H]3N2)N1. The van der Waals surface area contributed by atoms with Crippen molar-refractivity contribution < 1.29 is 0 Å². The molecule has 6 nitrogen and oxygen atoms in total. The van der Waals surface area contributed by atoms with Crippen molar-refractivity contribution in [2.45, 2.75) is 88.1 Å². The Morgan fingerprint density at radius 3 is 2.19 bits per heavy atom. The van der Waals surface area contributed by atoms with E-state index in [1.54, 1.807) is 0 Å². The summed E-state index contributed by atoms with van der Waals surface area (Å²) in [6, 6.07) is 24.8. The number of aromatic nitrogens is 2. The van der Waals surface area contributed by atoms with Gasteiger partial charge in [-0.1, -0.05) is 67.8 Å². The standard InChI is InChI=1S/C37H42N6/c1-2-6-30-27(4-1)18-32(40-30)36-38-20-34(42-36)23-10-8-22(9-11-23)24-12-13-26-17-29(15-14-25(26)16-24)35-21-39-37(43-35)33-19-28-5-3-7-31(28)41-33/h8-17,20-21,27-28,30-33,37,39-41,43H,1-7,18-19H2,(H,38,42)/t27-,28-,30-,31-,32-,33-,37?/m0/s1. The molecule has 2 saturated carbocycles. The van der Waals surface area contributed by atoms with E-state index in [0.29, 0.717) is 18.1 Å². The van der Waals surface area contributed by atoms with Crippen molar-refractivity contribution in [2.75, 3.05) is 0 Å². The lowest BCUT2D eigenvalue weighted by Gasteiger charge is -2.24. The van der Waals surface area contributed by atoms with E-state index < -0.39 is 0 Å². The van der Waals surface area contributed by atoms with E-state index in [2.05, 4.69) is 93.1 Å². The van der Waals surface area contributed by atoms with Gasteiger partial charge in [-0.05, 0) is 95.5 Å². The number of aromatic amines is 1. The van der Waals surface area contributed by atoms with Crippen molar-refractivity contribution >= 4 is 16.5 Å². The summed E-state index contributed by atoms with van der Waals surface area (Å²) in [5, 5.41) is 17.6. The molecule has 4 heterocycles. The van der Waals surface area contributed by atoms with Gasteiger partial charge in [-0.15, -0.1) is 0 Å². The predicted octanol–water partition coefficient (Wildman–Crippen LogP) is 6.84. The van der Waals surface area contributed by atoms with Crippen LogP contribution in [0.4, 0.5) is 0 Å². The summed E-state index contributed by atoms with van der Waals surface area (Å²) >= 11 is 0. The quantitative estimate of drug-likeness (QED) is 0.182. The van der Waals surface area contributed by atoms with Crippen LogP contribution in [0.5, 0.6) is 0 Å². The lowest BCUT2D eigenvalue weighted by molar-refractivity contribution is 0.325. The van der Waals surface area contributed by atoms with Gasteiger partial charge in [0.15, 0.2) is 0 Å². The van der Waals surface area contributed by atoms with Gasteiger partial charge in [0.05, 0.1) is 23.6 Å². The zero-order valence-electron chi connectivity index (χ0n) is 24.8. The van der Waals surface area contributed by atoms with Crippen LogP contribution in [0.15, 0.2) is 73.1 Å². The second-order valence-corrected chi connectivity index (χ2v) is 13.8. The number of benzene rings is 3. The Morgan fingerprint density at radius 1 is 0.628 bits per heavy atom. The first kappa shape index (κ1) is 25.8. The maximum absolute atomic E-state index is 4.79. The van der Waals surface area contributed by atoms with Gasteiger partial charge in [-0.3, -0.25) is 0 Å². The Labute approximate surface area is 254 Å². The second kappa shape index (κ2) is 10.5. The van der Waals surface area contributed by atoms with Crippen LogP contribution >= 0.6 is 0 Å². The first-order chi connectivity index (χ1) is 21.2. The third kappa shape index (κ3) is 4.76. The van der Waals surface area contributed by atoms with Crippen LogP contribution in [-0.2, 0) is 0 Å². The number of fused-ring (bicyclic) bond motifs is 3. The molecule has 0 spiro atoms. The van der Waals surface area contributed by atoms with Gasteiger partial charge in [-0.25, -0.2) is 4.98 Å². The van der Waals surface area contributed by atoms with Crippen molar-refractivity contribution in [1.29, 1.82) is 0 Å².